The van der Waals surface area contributed by atoms with Crippen molar-refractivity contribution in [2.75, 3.05) is 26.7 Å². The second-order valence-corrected chi connectivity index (χ2v) is 12.8. The van der Waals surface area contributed by atoms with Crippen LogP contribution in [0.25, 0.3) is 0 Å². The number of nitrogens with zero attached hydrogens (tertiary/aromatic N) is 2. The lowest BCUT2D eigenvalue weighted by Crippen LogP contribution is -2.61. The molecule has 1 aromatic carbocycles. The molecule has 14 heteroatoms. The average Bonchev–Trinajstić information content (AvgIpc) is 3.46. The minimum atomic E-state index is -1.25. The second kappa shape index (κ2) is 15.5. The van der Waals surface area contributed by atoms with Crippen LogP contribution in [0.15, 0.2) is 30.3 Å². The third kappa shape index (κ3) is 8.81. The minimum Gasteiger partial charge on any atom is -0.388 e. The fourth-order valence-electron chi connectivity index (χ4n) is 6.02. The summed E-state index contributed by atoms with van der Waals surface area (Å²) in [4.78, 5) is 82.2. The van der Waals surface area contributed by atoms with Gasteiger partial charge in [-0.25, -0.2) is 0 Å². The normalized spacial score (nSPS) is 30.3. The number of hydrogen-bond acceptors (Lipinski definition) is 8. The standard InChI is InChI=1S/C32H46N6O8/c1-18(2)14-24-31(44)37(4)19(3)29(42)36-23(15-20-8-6-5-7-9-20)30(43)35-21-12-13-46-25(28(21)41)16-38(17-27(40)34-24)32(45)22-10-11-26(39)33-22/h5-9,18-19,21-25,28,41H,10-17H2,1-4H3,(H,33,39)(H,34,40)(H,35,43)(H,36,42)/t19-,21-,22+,23-,24+,25+,28-/m0/s1. The average molecular weight is 643 g/mol. The van der Waals surface area contributed by atoms with Crippen molar-refractivity contribution in [3.05, 3.63) is 35.9 Å². The number of hydrogen-bond donors (Lipinski definition) is 5. The van der Waals surface area contributed by atoms with E-state index in [1.807, 2.05) is 44.2 Å². The predicted octanol–water partition coefficient (Wildman–Crippen LogP) is -1.15. The van der Waals surface area contributed by atoms with E-state index >= 15 is 0 Å². The Kier molecular flexibility index (Phi) is 11.7. The van der Waals surface area contributed by atoms with E-state index in [0.717, 1.165) is 5.56 Å². The number of likely N-dealkylation sites (N-methyl/N-ethyl adjacent to an activating group) is 1. The summed E-state index contributed by atoms with van der Waals surface area (Å²) in [6.07, 6.45) is -1.10. The Bertz CT molecular complexity index is 1290. The summed E-state index contributed by atoms with van der Waals surface area (Å²) in [5.74, 6) is -3.02. The molecule has 7 atom stereocenters. The van der Waals surface area contributed by atoms with E-state index in [-0.39, 0.29) is 57.1 Å². The summed E-state index contributed by atoms with van der Waals surface area (Å²) < 4.78 is 5.83. The number of rotatable bonds is 5. The Morgan fingerprint density at radius 3 is 2.33 bits per heavy atom. The Hall–Kier alpha value is -4.04. The number of aliphatic hydroxyl groups excluding tert-OH is 1. The fourth-order valence-corrected chi connectivity index (χ4v) is 6.02. The van der Waals surface area contributed by atoms with Crippen molar-refractivity contribution in [2.24, 2.45) is 5.92 Å². The Balaban J connectivity index is 1.68. The van der Waals surface area contributed by atoms with E-state index < -0.39 is 78.5 Å². The molecule has 46 heavy (non-hydrogen) atoms. The van der Waals surface area contributed by atoms with Gasteiger partial charge in [-0.15, -0.1) is 0 Å². The molecule has 3 heterocycles. The zero-order valence-electron chi connectivity index (χ0n) is 26.9. The van der Waals surface area contributed by atoms with Crippen LogP contribution in [0.2, 0.25) is 0 Å². The van der Waals surface area contributed by atoms with Gasteiger partial charge in [-0.05, 0) is 37.7 Å². The highest BCUT2D eigenvalue weighted by atomic mass is 16.5. The van der Waals surface area contributed by atoms with Crippen LogP contribution in [-0.4, -0.2) is 120 Å². The first-order chi connectivity index (χ1) is 21.8. The molecular formula is C32H46N6O8. The van der Waals surface area contributed by atoms with Crippen molar-refractivity contribution < 1.29 is 38.6 Å². The summed E-state index contributed by atoms with van der Waals surface area (Å²) in [5.41, 5.74) is 0.796. The lowest BCUT2D eigenvalue weighted by Gasteiger charge is -2.38. The number of ether oxygens (including phenoxy) is 1. The lowest BCUT2D eigenvalue weighted by molar-refractivity contribution is -0.147. The van der Waals surface area contributed by atoms with Gasteiger partial charge in [0.05, 0.1) is 19.1 Å². The molecule has 0 radical (unpaired) electrons. The van der Waals surface area contributed by atoms with Crippen LogP contribution in [0.4, 0.5) is 0 Å². The SMILES string of the molecule is CC(C)C[C@H]1NC(=O)CN(C(=O)[C@H]2CCC(=O)N2)C[C@H]2OCC[C@H](NC(=O)[C@H](Cc3ccccc3)NC(=O)[C@H](C)N(C)C1=O)[C@@H]2O. The molecule has 2 bridgehead atoms. The Morgan fingerprint density at radius 2 is 1.67 bits per heavy atom. The van der Waals surface area contributed by atoms with E-state index in [1.165, 1.54) is 23.8 Å². The molecule has 1 aromatic rings. The van der Waals surface area contributed by atoms with E-state index in [9.17, 15) is 33.9 Å². The van der Waals surface area contributed by atoms with Crippen molar-refractivity contribution in [3.63, 3.8) is 0 Å². The number of nitrogens with one attached hydrogen (secondary N) is 4. The van der Waals surface area contributed by atoms with Crippen molar-refractivity contribution >= 4 is 35.4 Å². The first-order valence-electron chi connectivity index (χ1n) is 15.9. The van der Waals surface area contributed by atoms with Gasteiger partial charge in [0.2, 0.25) is 35.4 Å². The summed E-state index contributed by atoms with van der Waals surface area (Å²) in [5, 5.41) is 22.3. The maximum atomic E-state index is 13.7. The molecule has 0 spiro atoms. The fraction of sp³-hybridized carbons (Fsp3) is 0.625. The second-order valence-electron chi connectivity index (χ2n) is 12.8. The largest absolute Gasteiger partial charge is 0.388 e. The molecule has 5 N–H and O–H groups in total. The Labute approximate surface area is 268 Å². The molecule has 4 rings (SSSR count). The van der Waals surface area contributed by atoms with Gasteiger partial charge >= 0.3 is 0 Å². The number of benzene rings is 1. The van der Waals surface area contributed by atoms with Crippen molar-refractivity contribution in [1.82, 2.24) is 31.1 Å². The first kappa shape index (κ1) is 34.8. The number of aliphatic hydroxyl groups is 1. The van der Waals surface area contributed by atoms with Crippen molar-refractivity contribution in [2.45, 2.75) is 95.3 Å². The highest BCUT2D eigenvalue weighted by Gasteiger charge is 2.40. The molecule has 0 unspecified atom stereocenters. The summed E-state index contributed by atoms with van der Waals surface area (Å²) in [7, 11) is 1.46. The van der Waals surface area contributed by atoms with Gasteiger partial charge in [0, 0.05) is 26.5 Å². The third-order valence-electron chi connectivity index (χ3n) is 8.79. The van der Waals surface area contributed by atoms with Crippen LogP contribution >= 0.6 is 0 Å². The van der Waals surface area contributed by atoms with Gasteiger partial charge < -0.3 is 40.9 Å². The molecular weight excluding hydrogens is 596 g/mol. The zero-order chi connectivity index (χ0) is 33.5. The predicted molar refractivity (Wildman–Crippen MR) is 166 cm³/mol. The number of amides is 6. The smallest absolute Gasteiger partial charge is 0.245 e. The quantitative estimate of drug-likeness (QED) is 0.266. The molecule has 252 valence electrons. The third-order valence-corrected chi connectivity index (χ3v) is 8.79. The highest BCUT2D eigenvalue weighted by molar-refractivity contribution is 5.96. The molecule has 3 saturated heterocycles. The molecule has 3 fully saturated rings. The van der Waals surface area contributed by atoms with Crippen LogP contribution in [-0.2, 0) is 39.9 Å². The molecule has 3 aliphatic heterocycles. The van der Waals surface area contributed by atoms with Crippen molar-refractivity contribution in [1.29, 1.82) is 0 Å². The van der Waals surface area contributed by atoms with E-state index in [4.69, 9.17) is 4.74 Å². The molecule has 6 amide bonds. The summed E-state index contributed by atoms with van der Waals surface area (Å²) in [6.45, 7) is 4.81. The van der Waals surface area contributed by atoms with E-state index in [2.05, 4.69) is 21.3 Å². The Morgan fingerprint density at radius 1 is 0.957 bits per heavy atom. The number of carbonyl (C=O) groups is 6. The molecule has 0 aliphatic carbocycles. The van der Waals surface area contributed by atoms with Crippen LogP contribution in [0.5, 0.6) is 0 Å². The van der Waals surface area contributed by atoms with Gasteiger partial charge in [0.15, 0.2) is 0 Å². The van der Waals surface area contributed by atoms with Gasteiger partial charge in [0.25, 0.3) is 0 Å². The first-order valence-corrected chi connectivity index (χ1v) is 15.9. The minimum absolute atomic E-state index is 0.00556. The van der Waals surface area contributed by atoms with E-state index in [0.29, 0.717) is 0 Å². The summed E-state index contributed by atoms with van der Waals surface area (Å²) in [6, 6.07) is 4.50. The summed E-state index contributed by atoms with van der Waals surface area (Å²) >= 11 is 0. The molecule has 14 nitrogen and oxygen atoms in total. The van der Waals surface area contributed by atoms with Crippen LogP contribution in [0, 0.1) is 5.92 Å². The maximum absolute atomic E-state index is 13.7. The van der Waals surface area contributed by atoms with Gasteiger partial charge in [-0.2, -0.15) is 0 Å². The zero-order valence-corrected chi connectivity index (χ0v) is 26.9. The lowest BCUT2D eigenvalue weighted by atomic mass is 9.97. The topological polar surface area (TPSA) is 186 Å². The van der Waals surface area contributed by atoms with Gasteiger partial charge in [-0.3, -0.25) is 28.8 Å². The maximum Gasteiger partial charge on any atom is 0.245 e. The molecule has 0 saturated carbocycles. The van der Waals surface area contributed by atoms with Gasteiger partial charge in [0.1, 0.15) is 36.4 Å². The van der Waals surface area contributed by atoms with Crippen molar-refractivity contribution in [3.8, 4) is 0 Å². The van der Waals surface area contributed by atoms with Gasteiger partial charge in [-0.1, -0.05) is 44.2 Å². The van der Waals surface area contributed by atoms with E-state index in [1.54, 1.807) is 0 Å². The highest BCUT2D eigenvalue weighted by Crippen LogP contribution is 2.19. The van der Waals surface area contributed by atoms with Crippen LogP contribution in [0.3, 0.4) is 0 Å². The number of fused-ring (bicyclic) bond motifs is 2. The van der Waals surface area contributed by atoms with Crippen LogP contribution < -0.4 is 21.3 Å². The number of carbonyl (C=O) groups excluding carboxylic acids is 6. The monoisotopic (exact) mass is 642 g/mol. The molecule has 3 aliphatic rings. The molecule has 0 aromatic heterocycles. The van der Waals surface area contributed by atoms with Crippen LogP contribution in [0.1, 0.15) is 52.0 Å².